The summed E-state index contributed by atoms with van der Waals surface area (Å²) < 4.78 is 0. The standard InChI is InChI=1S/C17H19N5O5/c1-3-17(11-7-5-4-6-8-11)14(25)22(15(26)18-17)19-12(23)9-21-13(24)10-20(2)16(21)27/h4-8H,3,9-10H2,1-2H3,(H,18,26)(H,19,23)/t17-/m0/s1. The van der Waals surface area contributed by atoms with Gasteiger partial charge in [-0.2, -0.15) is 5.01 Å². The van der Waals surface area contributed by atoms with E-state index in [1.54, 1.807) is 37.3 Å². The summed E-state index contributed by atoms with van der Waals surface area (Å²) in [6.45, 7) is 1.04. The monoisotopic (exact) mass is 373 g/mol. The van der Waals surface area contributed by atoms with Gasteiger partial charge >= 0.3 is 12.1 Å². The average Bonchev–Trinajstić information content (AvgIpc) is 3.04. The van der Waals surface area contributed by atoms with Crippen LogP contribution in [-0.4, -0.2) is 64.7 Å². The fourth-order valence-electron chi connectivity index (χ4n) is 3.17. The maximum atomic E-state index is 12.9. The van der Waals surface area contributed by atoms with Crippen molar-refractivity contribution in [2.24, 2.45) is 0 Å². The summed E-state index contributed by atoms with van der Waals surface area (Å²) in [4.78, 5) is 63.0. The van der Waals surface area contributed by atoms with Crippen molar-refractivity contribution in [2.75, 3.05) is 20.1 Å². The van der Waals surface area contributed by atoms with Crippen LogP contribution in [0.4, 0.5) is 9.59 Å². The summed E-state index contributed by atoms with van der Waals surface area (Å²) in [7, 11) is 1.44. The number of hydrogen-bond donors (Lipinski definition) is 2. The smallest absolute Gasteiger partial charge is 0.318 e. The molecule has 2 fully saturated rings. The number of imide groups is 2. The minimum Gasteiger partial charge on any atom is -0.318 e. The van der Waals surface area contributed by atoms with E-state index in [9.17, 15) is 24.0 Å². The van der Waals surface area contributed by atoms with Gasteiger partial charge in [-0.1, -0.05) is 37.3 Å². The lowest BCUT2D eigenvalue weighted by atomic mass is 9.87. The van der Waals surface area contributed by atoms with Gasteiger partial charge in [0.1, 0.15) is 18.6 Å². The molecule has 0 spiro atoms. The van der Waals surface area contributed by atoms with Crippen molar-refractivity contribution in [2.45, 2.75) is 18.9 Å². The molecule has 3 rings (SSSR count). The third-order valence-electron chi connectivity index (χ3n) is 4.66. The van der Waals surface area contributed by atoms with E-state index in [1.807, 2.05) is 0 Å². The van der Waals surface area contributed by atoms with E-state index >= 15 is 0 Å². The quantitative estimate of drug-likeness (QED) is 0.691. The highest BCUT2D eigenvalue weighted by molar-refractivity contribution is 6.09. The first-order valence-corrected chi connectivity index (χ1v) is 8.37. The van der Waals surface area contributed by atoms with E-state index in [4.69, 9.17) is 0 Å². The minimum absolute atomic E-state index is 0.123. The van der Waals surface area contributed by atoms with E-state index in [0.29, 0.717) is 10.6 Å². The molecule has 2 heterocycles. The normalized spacial score (nSPS) is 22.5. The van der Waals surface area contributed by atoms with Gasteiger partial charge in [0, 0.05) is 7.05 Å². The molecule has 10 heteroatoms. The van der Waals surface area contributed by atoms with E-state index in [0.717, 1.165) is 4.90 Å². The van der Waals surface area contributed by atoms with Crippen LogP contribution >= 0.6 is 0 Å². The molecule has 0 unspecified atom stereocenters. The summed E-state index contributed by atoms with van der Waals surface area (Å²) in [6, 6.07) is 7.31. The molecule has 0 saturated carbocycles. The highest BCUT2D eigenvalue weighted by atomic mass is 16.2. The molecule has 0 bridgehead atoms. The summed E-state index contributed by atoms with van der Waals surface area (Å²) >= 11 is 0. The Bertz CT molecular complexity index is 826. The van der Waals surface area contributed by atoms with Crippen LogP contribution in [0.5, 0.6) is 0 Å². The number of hydrazine groups is 1. The lowest BCUT2D eigenvalue weighted by molar-refractivity contribution is -0.140. The van der Waals surface area contributed by atoms with Crippen LogP contribution < -0.4 is 10.7 Å². The topological polar surface area (TPSA) is 119 Å². The first-order valence-electron chi connectivity index (χ1n) is 8.37. The van der Waals surface area contributed by atoms with Gasteiger partial charge < -0.3 is 10.2 Å². The Morgan fingerprint density at radius 1 is 1.19 bits per heavy atom. The fraction of sp³-hybridized carbons (Fsp3) is 0.353. The first kappa shape index (κ1) is 18.4. The Kier molecular flexibility index (Phi) is 4.56. The zero-order valence-corrected chi connectivity index (χ0v) is 14.9. The van der Waals surface area contributed by atoms with Crippen LogP contribution in [0.25, 0.3) is 0 Å². The Morgan fingerprint density at radius 2 is 1.85 bits per heavy atom. The molecule has 10 nitrogen and oxygen atoms in total. The van der Waals surface area contributed by atoms with E-state index < -0.39 is 41.9 Å². The summed E-state index contributed by atoms with van der Waals surface area (Å²) in [5.74, 6) is -1.98. The lowest BCUT2D eigenvalue weighted by Crippen LogP contribution is -2.51. The third-order valence-corrected chi connectivity index (χ3v) is 4.66. The van der Waals surface area contributed by atoms with Gasteiger partial charge in [-0.15, -0.1) is 0 Å². The molecule has 2 aliphatic heterocycles. The molecule has 0 aliphatic carbocycles. The predicted molar refractivity (Wildman–Crippen MR) is 91.7 cm³/mol. The number of rotatable bonds is 5. The molecular weight excluding hydrogens is 354 g/mol. The van der Waals surface area contributed by atoms with Crippen molar-refractivity contribution in [3.63, 3.8) is 0 Å². The van der Waals surface area contributed by atoms with Gasteiger partial charge in [-0.25, -0.2) is 9.59 Å². The predicted octanol–water partition coefficient (Wildman–Crippen LogP) is -0.231. The van der Waals surface area contributed by atoms with Crippen molar-refractivity contribution in [1.29, 1.82) is 0 Å². The molecule has 1 atom stereocenters. The number of hydrogen-bond acceptors (Lipinski definition) is 5. The Hall–Kier alpha value is -3.43. The molecule has 2 aliphatic rings. The minimum atomic E-state index is -1.29. The highest BCUT2D eigenvalue weighted by Crippen LogP contribution is 2.31. The average molecular weight is 373 g/mol. The van der Waals surface area contributed by atoms with Gasteiger partial charge in [0.15, 0.2) is 0 Å². The van der Waals surface area contributed by atoms with Crippen LogP contribution in [0.2, 0.25) is 0 Å². The molecule has 0 aromatic heterocycles. The number of likely N-dealkylation sites (N-methyl/N-ethyl adjacent to an activating group) is 1. The van der Waals surface area contributed by atoms with Gasteiger partial charge in [-0.3, -0.25) is 24.7 Å². The Balaban J connectivity index is 1.75. The first-order chi connectivity index (χ1) is 12.8. The number of urea groups is 2. The zero-order valence-electron chi connectivity index (χ0n) is 14.9. The van der Waals surface area contributed by atoms with E-state index in [2.05, 4.69) is 10.7 Å². The van der Waals surface area contributed by atoms with Crippen molar-refractivity contribution in [3.05, 3.63) is 35.9 Å². The summed E-state index contributed by atoms with van der Waals surface area (Å²) in [5, 5.41) is 3.21. The molecule has 1 aromatic carbocycles. The zero-order chi connectivity index (χ0) is 19.8. The van der Waals surface area contributed by atoms with E-state index in [-0.39, 0.29) is 13.0 Å². The molecule has 27 heavy (non-hydrogen) atoms. The van der Waals surface area contributed by atoms with Gasteiger partial charge in [0.2, 0.25) is 0 Å². The summed E-state index contributed by atoms with van der Waals surface area (Å²) in [6.07, 6.45) is 0.280. The number of amides is 7. The van der Waals surface area contributed by atoms with Crippen LogP contribution in [0, 0.1) is 0 Å². The van der Waals surface area contributed by atoms with E-state index in [1.165, 1.54) is 11.9 Å². The van der Waals surface area contributed by atoms with Gasteiger partial charge in [-0.05, 0) is 12.0 Å². The largest absolute Gasteiger partial charge is 0.344 e. The summed E-state index contributed by atoms with van der Waals surface area (Å²) in [5.41, 5.74) is 1.49. The van der Waals surface area contributed by atoms with Crippen LogP contribution in [0.15, 0.2) is 30.3 Å². The van der Waals surface area contributed by atoms with Gasteiger partial charge in [0.05, 0.1) is 0 Å². The van der Waals surface area contributed by atoms with Crippen molar-refractivity contribution < 1.29 is 24.0 Å². The molecule has 2 N–H and O–H groups in total. The van der Waals surface area contributed by atoms with Crippen molar-refractivity contribution >= 4 is 29.8 Å². The number of benzene rings is 1. The maximum absolute atomic E-state index is 12.9. The molecule has 0 radical (unpaired) electrons. The second kappa shape index (κ2) is 6.71. The number of carbonyl (C=O) groups is 5. The fourth-order valence-corrected chi connectivity index (χ4v) is 3.17. The molecule has 142 valence electrons. The molecule has 2 saturated heterocycles. The SMILES string of the molecule is CC[C@@]1(c2ccccc2)NC(=O)N(NC(=O)CN2C(=O)CN(C)C2=O)C1=O. The molecular formula is C17H19N5O5. The second-order valence-corrected chi connectivity index (χ2v) is 6.35. The number of nitrogens with one attached hydrogen (secondary N) is 2. The van der Waals surface area contributed by atoms with Crippen LogP contribution in [0.1, 0.15) is 18.9 Å². The van der Waals surface area contributed by atoms with Crippen molar-refractivity contribution in [1.82, 2.24) is 25.6 Å². The second-order valence-electron chi connectivity index (χ2n) is 6.35. The molecule has 7 amide bonds. The van der Waals surface area contributed by atoms with Crippen LogP contribution in [-0.2, 0) is 19.9 Å². The maximum Gasteiger partial charge on any atom is 0.344 e. The van der Waals surface area contributed by atoms with Gasteiger partial charge in [0.25, 0.3) is 17.7 Å². The Morgan fingerprint density at radius 3 is 2.41 bits per heavy atom. The highest BCUT2D eigenvalue weighted by Gasteiger charge is 2.52. The van der Waals surface area contributed by atoms with Crippen LogP contribution in [0.3, 0.4) is 0 Å². The number of nitrogens with zero attached hydrogens (tertiary/aromatic N) is 3. The molecule has 1 aromatic rings. The Labute approximate surface area is 155 Å². The lowest BCUT2D eigenvalue weighted by Gasteiger charge is -2.25. The third kappa shape index (κ3) is 2.98. The van der Waals surface area contributed by atoms with Crippen molar-refractivity contribution in [3.8, 4) is 0 Å². The number of carbonyl (C=O) groups excluding carboxylic acids is 5.